The van der Waals surface area contributed by atoms with Crippen molar-refractivity contribution in [2.75, 3.05) is 0 Å². The molecule has 0 N–H and O–H groups in total. The Kier molecular flexibility index (Phi) is 170. The average molecular weight is 1100 g/mol. The molecule has 0 amide bonds. The lowest BCUT2D eigenvalue weighted by atomic mass is 10.7. The lowest BCUT2D eigenvalue weighted by Crippen LogP contribution is -1.91. The Morgan fingerprint density at radius 3 is 0.792 bits per heavy atom. The van der Waals surface area contributed by atoms with Gasteiger partial charge in [-0.25, -0.2) is 9.97 Å². The van der Waals surface area contributed by atoms with E-state index in [1.165, 1.54) is 15.9 Å². The summed E-state index contributed by atoms with van der Waals surface area (Å²) in [4.78, 5) is 10.4. The highest BCUT2D eigenvalue weighted by Gasteiger charge is 1.85. The maximum Gasteiger partial charge on any atom is 0.171 e. The molecule has 0 aliphatic carbocycles. The van der Waals surface area contributed by atoms with Crippen LogP contribution in [-0.2, 0) is 56.4 Å². The van der Waals surface area contributed by atoms with Crippen molar-refractivity contribution in [3.8, 4) is 0 Å². The van der Waals surface area contributed by atoms with Gasteiger partial charge in [0.05, 0.1) is 32.0 Å². The maximum atomic E-state index is 3.83. The highest BCUT2D eigenvalue weighted by Crippen LogP contribution is 1.81. The van der Waals surface area contributed by atoms with E-state index in [9.17, 15) is 0 Å². The summed E-state index contributed by atoms with van der Waals surface area (Å²) in [5, 5.41) is 36.9. The first kappa shape index (κ1) is 107. The first-order chi connectivity index (χ1) is 37.5. The van der Waals surface area contributed by atoms with Crippen LogP contribution in [0.1, 0.15) is 200 Å². The average Bonchev–Trinajstić information content (AvgIpc) is 4.37. The third-order valence-electron chi connectivity index (χ3n) is 4.88. The highest BCUT2D eigenvalue weighted by molar-refractivity contribution is 4.88. The summed E-state index contributed by atoms with van der Waals surface area (Å²) in [5.74, 6) is 0.711. The third kappa shape index (κ3) is 119. The first-order valence-corrected chi connectivity index (χ1v) is 28.5. The van der Waals surface area contributed by atoms with Crippen molar-refractivity contribution in [3.63, 3.8) is 0 Å². The van der Waals surface area contributed by atoms with Gasteiger partial charge in [-0.1, -0.05) is 199 Å². The SMILES string of the molecule is CC.CC.CC.CC.CC.CC.CC.CC.CC.CC.CC.CC.CC.CC.Cc1nnn(C)n1.Cn1cccc1.Cn1cccn1.Cn1cccn1.Cn1ccnc1.Cn1ccnn1.Cn1cncn1.Cn1nccn1. The molecule has 0 unspecified atom stereocenters. The Bertz CT molecular complexity index is 1400. The molecule has 0 bridgehead atoms. The van der Waals surface area contributed by atoms with E-state index in [1.54, 1.807) is 95.8 Å². The molecule has 0 spiro atoms. The van der Waals surface area contributed by atoms with E-state index in [2.05, 4.69) is 61.2 Å². The van der Waals surface area contributed by atoms with Crippen LogP contribution in [0.25, 0.3) is 0 Å². The van der Waals surface area contributed by atoms with Gasteiger partial charge in [-0.2, -0.15) is 35.1 Å². The largest absolute Gasteiger partial charge is 0.357 e. The molecule has 0 aliphatic rings. The van der Waals surface area contributed by atoms with Gasteiger partial charge in [0.15, 0.2) is 5.82 Å². The minimum Gasteiger partial charge on any atom is -0.357 e. The van der Waals surface area contributed by atoms with Crippen molar-refractivity contribution in [1.82, 2.24) is 98.6 Å². The predicted molar refractivity (Wildman–Crippen MR) is 340 cm³/mol. The zero-order chi connectivity index (χ0) is 64.1. The number of aryl methyl sites for hydroxylation is 9. The van der Waals surface area contributed by atoms with Crippen molar-refractivity contribution in [1.29, 1.82) is 0 Å². The van der Waals surface area contributed by atoms with E-state index in [-0.39, 0.29) is 0 Å². The van der Waals surface area contributed by atoms with Gasteiger partial charge in [0, 0.05) is 105 Å². The summed E-state index contributed by atoms with van der Waals surface area (Å²) >= 11 is 0. The Balaban J connectivity index is -0.0000000461. The van der Waals surface area contributed by atoms with Crippen LogP contribution in [0.4, 0.5) is 0 Å². The summed E-state index contributed by atoms with van der Waals surface area (Å²) < 4.78 is 10.7. The van der Waals surface area contributed by atoms with Gasteiger partial charge >= 0.3 is 0 Å². The third-order valence-corrected chi connectivity index (χ3v) is 4.88. The fourth-order valence-corrected chi connectivity index (χ4v) is 2.63. The topological polar surface area (TPSA) is 194 Å². The molecule has 8 heterocycles. The monoisotopic (exact) mass is 1100 g/mol. The van der Waals surface area contributed by atoms with Crippen molar-refractivity contribution in [2.24, 2.45) is 56.4 Å². The van der Waals surface area contributed by atoms with Crippen molar-refractivity contribution in [2.45, 2.75) is 201 Å². The number of aromatic nitrogens is 20. The molecule has 8 rings (SSSR count). The summed E-state index contributed by atoms with van der Waals surface area (Å²) in [6.45, 7) is 57.8. The van der Waals surface area contributed by atoms with Crippen LogP contribution in [0.3, 0.4) is 0 Å². The van der Waals surface area contributed by atoms with E-state index >= 15 is 0 Å². The number of tetrazole rings is 1. The van der Waals surface area contributed by atoms with Gasteiger partial charge in [0.25, 0.3) is 0 Å². The maximum absolute atomic E-state index is 3.83. The second-order valence-electron chi connectivity index (χ2n) is 9.43. The predicted octanol–water partition coefficient (Wildman–Crippen LogP) is 15.6. The molecular formula is C57H130N20. The molecule has 0 saturated carbocycles. The number of hydrogen-bond acceptors (Lipinski definition) is 12. The molecule has 0 atom stereocenters. The van der Waals surface area contributed by atoms with Crippen LogP contribution in [0, 0.1) is 6.92 Å². The van der Waals surface area contributed by atoms with E-state index in [4.69, 9.17) is 0 Å². The van der Waals surface area contributed by atoms with Crippen LogP contribution in [0.15, 0.2) is 118 Å². The van der Waals surface area contributed by atoms with Crippen LogP contribution in [0.2, 0.25) is 0 Å². The fraction of sp³-hybridized carbons (Fsp3) is 0.649. The number of rotatable bonds is 0. The molecule has 0 saturated heterocycles. The Morgan fingerprint density at radius 1 is 0.299 bits per heavy atom. The molecular weight excluding hydrogens is 965 g/mol. The Morgan fingerprint density at radius 2 is 0.701 bits per heavy atom. The normalized spacial score (nSPS) is 6.77. The van der Waals surface area contributed by atoms with E-state index in [0.717, 1.165) is 0 Å². The number of hydrogen-bond donors (Lipinski definition) is 0. The molecule has 458 valence electrons. The van der Waals surface area contributed by atoms with Gasteiger partial charge < -0.3 is 9.13 Å². The van der Waals surface area contributed by atoms with Crippen molar-refractivity contribution >= 4 is 0 Å². The summed E-state index contributed by atoms with van der Waals surface area (Å²) in [7, 11) is 14.9. The standard InChI is InChI=1S/C5H7N.3C4H6N2.C3H6N4.3C3H5N3.14C2H6/c1-6-4-2-3-5-6;1-6-3-2-5-4-6;2*1-6-4-2-3-5-6;1-3-4-6-7(2)5-3;1-6-3-4-2-5-6;1-6-3-2-4-5-6;1-6-4-2-3-5-6;14*1-2/h2-5H,1H3;3*2-4H,1H3;1-2H3;3*2-3H,1H3;14*1-2H3. The molecule has 77 heavy (non-hydrogen) atoms. The summed E-state index contributed by atoms with van der Waals surface area (Å²) in [5.41, 5.74) is 0. The molecule has 0 fully saturated rings. The van der Waals surface area contributed by atoms with Crippen molar-refractivity contribution < 1.29 is 0 Å². The minimum atomic E-state index is 0.711. The second kappa shape index (κ2) is 123. The van der Waals surface area contributed by atoms with Gasteiger partial charge in [0.1, 0.15) is 12.7 Å². The number of nitrogens with zero attached hydrogens (tertiary/aromatic N) is 20. The molecule has 0 aromatic carbocycles. The molecule has 20 heteroatoms. The molecule has 20 nitrogen and oxygen atoms in total. The van der Waals surface area contributed by atoms with Crippen LogP contribution in [-0.4, -0.2) is 98.6 Å². The lowest BCUT2D eigenvalue weighted by Gasteiger charge is -1.79. The van der Waals surface area contributed by atoms with Gasteiger partial charge in [-0.15, -0.1) is 15.3 Å². The van der Waals surface area contributed by atoms with Gasteiger partial charge in [-0.3, -0.25) is 18.7 Å². The Hall–Kier alpha value is -6.60. The number of imidazole rings is 1. The quantitative estimate of drug-likeness (QED) is 0.140. The smallest absolute Gasteiger partial charge is 0.171 e. The summed E-state index contributed by atoms with van der Waals surface area (Å²) in [6, 6.07) is 7.78. The molecule has 0 aliphatic heterocycles. The molecule has 8 aromatic heterocycles. The molecule has 8 aromatic rings. The Labute approximate surface area is 477 Å². The first-order valence-electron chi connectivity index (χ1n) is 28.5. The zero-order valence-electron chi connectivity index (χ0n) is 57.4. The highest BCUT2D eigenvalue weighted by atomic mass is 15.6. The minimum absolute atomic E-state index is 0.711. The van der Waals surface area contributed by atoms with Crippen LogP contribution in [0.5, 0.6) is 0 Å². The van der Waals surface area contributed by atoms with Gasteiger partial charge in [-0.05, 0) is 36.4 Å². The van der Waals surface area contributed by atoms with Crippen LogP contribution >= 0.6 is 0 Å². The molecule has 0 radical (unpaired) electrons. The van der Waals surface area contributed by atoms with Crippen LogP contribution < -0.4 is 0 Å². The summed E-state index contributed by atoms with van der Waals surface area (Å²) in [6.07, 6.45) is 26.5. The van der Waals surface area contributed by atoms with E-state index in [1.807, 2.05) is 301 Å². The zero-order valence-corrected chi connectivity index (χ0v) is 57.4. The second-order valence-corrected chi connectivity index (χ2v) is 9.43. The van der Waals surface area contributed by atoms with E-state index in [0.29, 0.717) is 5.82 Å². The lowest BCUT2D eigenvalue weighted by molar-refractivity contribution is 0.629. The van der Waals surface area contributed by atoms with E-state index < -0.39 is 0 Å². The van der Waals surface area contributed by atoms with Gasteiger partial charge in [0.2, 0.25) is 0 Å². The van der Waals surface area contributed by atoms with Crippen molar-refractivity contribution in [3.05, 3.63) is 123 Å². The fourth-order valence-electron chi connectivity index (χ4n) is 2.63.